The van der Waals surface area contributed by atoms with Gasteiger partial charge in [0.15, 0.2) is 0 Å². The van der Waals surface area contributed by atoms with Crippen LogP contribution in [0.15, 0.2) is 176 Å². The first-order valence-corrected chi connectivity index (χ1v) is 35.5. The van der Waals surface area contributed by atoms with Crippen LogP contribution in [-0.4, -0.2) is 126 Å². The number of alkyl carbamates (subject to hydrolysis) is 1. The molecule has 18 nitrogen and oxygen atoms in total. The third-order valence-electron chi connectivity index (χ3n) is 16.3. The lowest BCUT2D eigenvalue weighted by molar-refractivity contribution is -0.134. The van der Waals surface area contributed by atoms with Crippen LogP contribution in [0.4, 0.5) is 4.79 Å². The number of imidazole rings is 4. The van der Waals surface area contributed by atoms with Crippen LogP contribution < -0.4 is 21.7 Å². The Hall–Kier alpha value is -8.27. The maximum Gasteiger partial charge on any atom is 0.408 e. The molecule has 4 heterocycles. The van der Waals surface area contributed by atoms with Gasteiger partial charge in [-0.1, -0.05) is 231 Å². The van der Waals surface area contributed by atoms with Crippen molar-refractivity contribution in [3.63, 3.8) is 0 Å². The highest BCUT2D eigenvalue weighted by Gasteiger charge is 2.30. The van der Waals surface area contributed by atoms with Gasteiger partial charge in [0.2, 0.25) is 11.8 Å². The number of H-pyrrole nitrogens is 4. The third-order valence-corrected chi connectivity index (χ3v) is 17.4. The number of ether oxygens (including phenoxy) is 1. The Bertz CT molecular complexity index is 3530. The fourth-order valence-corrected chi connectivity index (χ4v) is 11.5. The van der Waals surface area contributed by atoms with E-state index in [1.807, 2.05) is 178 Å². The van der Waals surface area contributed by atoms with E-state index in [2.05, 4.69) is 120 Å². The molecule has 9 aromatic rings. The standard InChI is InChI=1S/C22H25N3O2.C20H30N4OS.C18H26N4OS.C15H21N3/c1-2-3-14-19(25-22(26)27-16-17-10-6-4-7-11-17)21-23-15-20(24-21)18-12-8-5-9-13-18;1-5-6-12-18(24(3)20(25)17(21-2)14-26-4)19-22-13-16(23-19)15-10-8-7-9-11-15;1-3-4-10-16(22(2)18(23)14(19)12-24)17-20-11-15(21-17)13-8-6-5-7-9-13;1-3-4-10-13(16-2)15-17-11-14(18-15)12-8-6-5-7-9-12/h4-13,15,19H,2-3,14,16H2,1H3,(H,23,24)(H,25,26);7-11,13,17-18,21H,5-6,12,14H2,1-4H3,(H,22,23);5-9,11,14,16,24H,3-4,10,12,19H2,1-2H3,(H,20,21);5-9,11,13,16H,3-4,10H2,1-2H3,(H,17,18)/t19-;17-,18-;14-,16-;13-/m0000/s1. The van der Waals surface area contributed by atoms with Crippen LogP contribution in [0.2, 0.25) is 0 Å². The Morgan fingerprint density at radius 1 is 0.505 bits per heavy atom. The molecule has 0 saturated carbocycles. The fourth-order valence-electron chi connectivity index (χ4n) is 10.7. The van der Waals surface area contributed by atoms with Crippen LogP contribution in [0.3, 0.4) is 0 Å². The first-order valence-electron chi connectivity index (χ1n) is 33.4. The molecule has 0 fully saturated rings. The Labute approximate surface area is 573 Å². The highest BCUT2D eigenvalue weighted by Crippen LogP contribution is 2.30. The largest absolute Gasteiger partial charge is 0.445 e. The van der Waals surface area contributed by atoms with Crippen LogP contribution in [0.5, 0.6) is 0 Å². The molecule has 0 aliphatic rings. The van der Waals surface area contributed by atoms with Gasteiger partial charge < -0.3 is 56.2 Å². The number of benzene rings is 5. The van der Waals surface area contributed by atoms with Crippen molar-refractivity contribution in [1.82, 2.24) is 65.6 Å². The van der Waals surface area contributed by atoms with Gasteiger partial charge in [0.25, 0.3) is 0 Å². The zero-order chi connectivity index (χ0) is 68.2. The van der Waals surface area contributed by atoms with Crippen molar-refractivity contribution >= 4 is 42.3 Å². The topological polar surface area (TPSA) is 244 Å². The molecule has 0 bridgehead atoms. The predicted molar refractivity (Wildman–Crippen MR) is 393 cm³/mol. The zero-order valence-electron chi connectivity index (χ0n) is 57.1. The molecule has 9 rings (SSSR count). The number of nitrogens with two attached hydrogens (primary N) is 1. The summed E-state index contributed by atoms with van der Waals surface area (Å²) in [7, 11) is 7.51. The van der Waals surface area contributed by atoms with E-state index in [0.717, 1.165) is 138 Å². The number of nitrogens with one attached hydrogen (secondary N) is 7. The number of likely N-dealkylation sites (N-methyl/N-ethyl adjacent to an activating group) is 3. The highest BCUT2D eigenvalue weighted by molar-refractivity contribution is 7.98. The van der Waals surface area contributed by atoms with Gasteiger partial charge in [-0.05, 0) is 73.9 Å². The molecule has 0 saturated heterocycles. The van der Waals surface area contributed by atoms with Crippen molar-refractivity contribution in [2.75, 3.05) is 46.0 Å². The molecule has 20 heteroatoms. The average Bonchev–Trinajstić information content (AvgIpc) is 1.79. The zero-order valence-corrected chi connectivity index (χ0v) is 58.8. The highest BCUT2D eigenvalue weighted by atomic mass is 32.2. The first-order chi connectivity index (χ1) is 46.3. The van der Waals surface area contributed by atoms with E-state index < -0.39 is 12.1 Å². The summed E-state index contributed by atoms with van der Waals surface area (Å²) in [6, 6.07) is 49.3. The number of rotatable bonds is 32. The number of amides is 3. The molecule has 6 atom stereocenters. The average molecular weight is 1330 g/mol. The molecule has 0 aliphatic heterocycles. The molecule has 0 unspecified atom stereocenters. The van der Waals surface area contributed by atoms with Gasteiger partial charge in [0.05, 0.1) is 83.8 Å². The van der Waals surface area contributed by atoms with Crippen molar-refractivity contribution < 1.29 is 19.1 Å². The van der Waals surface area contributed by atoms with Crippen LogP contribution in [0, 0.1) is 0 Å². The second-order valence-corrected chi connectivity index (χ2v) is 24.7. The van der Waals surface area contributed by atoms with E-state index in [-0.39, 0.29) is 42.6 Å². The van der Waals surface area contributed by atoms with E-state index in [1.165, 1.54) is 18.4 Å². The number of aromatic nitrogens is 8. The van der Waals surface area contributed by atoms with E-state index in [4.69, 9.17) is 10.5 Å². The second-order valence-electron chi connectivity index (χ2n) is 23.4. The molecule has 5 aromatic carbocycles. The minimum absolute atomic E-state index is 0.0439. The molecule has 0 radical (unpaired) electrons. The number of aromatic amines is 4. The van der Waals surface area contributed by atoms with Gasteiger partial charge in [-0.3, -0.25) is 9.59 Å². The predicted octanol–water partition coefficient (Wildman–Crippen LogP) is 15.5. The van der Waals surface area contributed by atoms with Gasteiger partial charge in [0, 0.05) is 25.6 Å². The SMILES string of the molecule is CCCC[C@@H](c1ncc(-c2ccccc2)[nH]1)N(C)C(=O)[C@@H](N)CS.CCCC[C@@H](c1ncc(-c2ccccc2)[nH]1)N(C)C(=O)[C@H](CSC)NC.CCCC[C@H](NC(=O)OCc1ccccc1)c1ncc(-c2ccccc2)[nH]1.CCCC[C@H](NC)c1ncc(-c2ccccc2)[nH]1. The summed E-state index contributed by atoms with van der Waals surface area (Å²) in [5.74, 6) is 4.52. The molecule has 0 aliphatic carbocycles. The van der Waals surface area contributed by atoms with Crippen molar-refractivity contribution in [3.05, 3.63) is 205 Å². The summed E-state index contributed by atoms with van der Waals surface area (Å²) in [6.07, 6.45) is 21.3. The van der Waals surface area contributed by atoms with E-state index >= 15 is 0 Å². The molecule has 3 amide bonds. The number of thioether (sulfide) groups is 1. The quantitative estimate of drug-likeness (QED) is 0.0179. The molecule has 508 valence electrons. The number of hydrogen-bond donors (Lipinski definition) is 9. The lowest BCUT2D eigenvalue weighted by atomic mass is 10.1. The number of nitrogens with zero attached hydrogens (tertiary/aromatic N) is 6. The van der Waals surface area contributed by atoms with Crippen LogP contribution in [0.1, 0.15) is 158 Å². The van der Waals surface area contributed by atoms with Crippen molar-refractivity contribution in [3.8, 4) is 45.0 Å². The van der Waals surface area contributed by atoms with Gasteiger partial charge in [-0.25, -0.2) is 24.7 Å². The van der Waals surface area contributed by atoms with Crippen molar-refractivity contribution in [2.24, 2.45) is 5.73 Å². The summed E-state index contributed by atoms with van der Waals surface area (Å²) in [5, 5.41) is 9.41. The monoisotopic (exact) mass is 1330 g/mol. The first kappa shape index (κ1) is 75.8. The number of thiol groups is 1. The van der Waals surface area contributed by atoms with Crippen LogP contribution in [-0.2, 0) is 20.9 Å². The normalized spacial score (nSPS) is 12.8. The van der Waals surface area contributed by atoms with Crippen LogP contribution >= 0.6 is 24.4 Å². The van der Waals surface area contributed by atoms with Crippen LogP contribution in [0.25, 0.3) is 45.0 Å². The summed E-state index contributed by atoms with van der Waals surface area (Å²) >= 11 is 5.81. The van der Waals surface area contributed by atoms with E-state index in [1.54, 1.807) is 29.9 Å². The van der Waals surface area contributed by atoms with Gasteiger partial charge in [-0.15, -0.1) is 0 Å². The fraction of sp³-hybridized carbons (Fsp3) is 0.400. The van der Waals surface area contributed by atoms with Gasteiger partial charge >= 0.3 is 6.09 Å². The molecule has 95 heavy (non-hydrogen) atoms. The third kappa shape index (κ3) is 24.2. The maximum absolute atomic E-state index is 12.9. The second kappa shape index (κ2) is 42.2. The van der Waals surface area contributed by atoms with Crippen molar-refractivity contribution in [2.45, 2.75) is 148 Å². The number of hydrogen-bond acceptors (Lipinski definition) is 13. The Kier molecular flexibility index (Phi) is 33.7. The summed E-state index contributed by atoms with van der Waals surface area (Å²) in [6.45, 7) is 8.89. The van der Waals surface area contributed by atoms with Gasteiger partial charge in [-0.2, -0.15) is 24.4 Å². The molecule has 0 spiro atoms. The van der Waals surface area contributed by atoms with E-state index in [9.17, 15) is 14.4 Å². The number of carbonyl (C=O) groups excluding carboxylic acids is 3. The summed E-state index contributed by atoms with van der Waals surface area (Å²) in [5.41, 5.74) is 15.2. The molecular formula is C75H102N14O4S2. The summed E-state index contributed by atoms with van der Waals surface area (Å²) < 4.78 is 5.36. The lowest BCUT2D eigenvalue weighted by Gasteiger charge is -2.30. The smallest absolute Gasteiger partial charge is 0.408 e. The molecular weight excluding hydrogens is 1230 g/mol. The van der Waals surface area contributed by atoms with Crippen molar-refractivity contribution in [1.29, 1.82) is 0 Å². The maximum atomic E-state index is 12.9. The Balaban J connectivity index is 0.000000202. The minimum atomic E-state index is -0.592. The Morgan fingerprint density at radius 2 is 0.853 bits per heavy atom. The summed E-state index contributed by atoms with van der Waals surface area (Å²) in [4.78, 5) is 72.8. The molecule has 9 N–H and O–H groups in total. The van der Waals surface area contributed by atoms with Gasteiger partial charge in [0.1, 0.15) is 29.9 Å². The number of carbonyl (C=O) groups is 3. The molecule has 4 aromatic heterocycles. The minimum Gasteiger partial charge on any atom is -0.445 e. The van der Waals surface area contributed by atoms with E-state index in [0.29, 0.717) is 11.8 Å². The number of unbranched alkanes of at least 4 members (excludes halogenated alkanes) is 4. The Morgan fingerprint density at radius 3 is 1.22 bits per heavy atom. The lowest BCUT2D eigenvalue weighted by Crippen LogP contribution is -2.46.